The van der Waals surface area contributed by atoms with Crippen molar-refractivity contribution in [2.45, 2.75) is 97.7 Å². The van der Waals surface area contributed by atoms with Gasteiger partial charge in [-0.2, -0.15) is 0 Å². The second-order valence-electron chi connectivity index (χ2n) is 13.4. The molecule has 0 aromatic heterocycles. The molecule has 2 fully saturated rings. The van der Waals surface area contributed by atoms with Gasteiger partial charge in [-0.05, 0) is 81.8 Å². The Bertz CT molecular complexity index is 1340. The molecule has 232 valence electrons. The van der Waals surface area contributed by atoms with E-state index in [2.05, 4.69) is 32.7 Å². The van der Waals surface area contributed by atoms with Crippen LogP contribution in [0.4, 0.5) is 8.78 Å². The molecule has 3 aliphatic rings. The van der Waals surface area contributed by atoms with Gasteiger partial charge in [-0.1, -0.05) is 63.3 Å². The second-order valence-corrected chi connectivity index (χ2v) is 13.4. The van der Waals surface area contributed by atoms with Gasteiger partial charge in [0.25, 0.3) is 18.2 Å². The molecule has 0 bridgehead atoms. The van der Waals surface area contributed by atoms with Crippen LogP contribution < -0.4 is 5.32 Å². The van der Waals surface area contributed by atoms with Crippen molar-refractivity contribution in [3.63, 3.8) is 0 Å². The number of aliphatic imine (C=N–C) groups is 1. The number of benzene rings is 1. The number of carbonyl (C=O) groups excluding carboxylic acids is 3. The van der Waals surface area contributed by atoms with Gasteiger partial charge in [0.05, 0.1) is 6.04 Å². The van der Waals surface area contributed by atoms with Crippen LogP contribution in [-0.4, -0.2) is 46.5 Å². The number of carbonyl (C=O) groups is 3. The number of rotatable bonds is 11. The van der Waals surface area contributed by atoms with Gasteiger partial charge >= 0.3 is 0 Å². The van der Waals surface area contributed by atoms with Gasteiger partial charge in [0, 0.05) is 29.7 Å². The number of nitrogens with zero attached hydrogens (tertiary/aromatic N) is 2. The van der Waals surface area contributed by atoms with Crippen LogP contribution in [0.2, 0.25) is 0 Å². The maximum Gasteiger partial charge on any atom is 0.275 e. The largest absolute Gasteiger partial charge is 0.352 e. The first-order chi connectivity index (χ1) is 20.3. The number of allylic oxidation sites excluding steroid dienone is 2. The number of nitrogens with one attached hydrogen (secondary N) is 1. The topological polar surface area (TPSA) is 78.8 Å². The van der Waals surface area contributed by atoms with Crippen molar-refractivity contribution in [3.05, 3.63) is 71.3 Å². The van der Waals surface area contributed by atoms with Crippen molar-refractivity contribution in [2.24, 2.45) is 22.2 Å². The average molecular weight is 594 g/mol. The zero-order chi connectivity index (χ0) is 31.5. The first-order valence-electron chi connectivity index (χ1n) is 15.4. The Labute approximate surface area is 254 Å². The van der Waals surface area contributed by atoms with Gasteiger partial charge in [0.2, 0.25) is 0 Å². The van der Waals surface area contributed by atoms with Crippen LogP contribution in [0.3, 0.4) is 0 Å². The van der Waals surface area contributed by atoms with E-state index in [0.717, 1.165) is 31.3 Å². The summed E-state index contributed by atoms with van der Waals surface area (Å²) in [6.07, 6.45) is 7.88. The van der Waals surface area contributed by atoms with Gasteiger partial charge in [-0.3, -0.25) is 19.4 Å². The zero-order valence-electron chi connectivity index (χ0n) is 26.1. The molecule has 1 heterocycles. The molecule has 6 nitrogen and oxygen atoms in total. The van der Waals surface area contributed by atoms with Crippen molar-refractivity contribution in [1.82, 2.24) is 10.2 Å². The van der Waals surface area contributed by atoms with E-state index in [-0.39, 0.29) is 59.2 Å². The monoisotopic (exact) mass is 593 g/mol. The fourth-order valence-electron chi connectivity index (χ4n) is 6.52. The maximum atomic E-state index is 14.4. The average Bonchev–Trinajstić information content (AvgIpc) is 3.75. The maximum absolute atomic E-state index is 14.4. The van der Waals surface area contributed by atoms with Crippen molar-refractivity contribution in [1.29, 1.82) is 0 Å². The molecular formula is C35H45F2N3O3. The molecular weight excluding hydrogens is 548 g/mol. The smallest absolute Gasteiger partial charge is 0.275 e. The highest BCUT2D eigenvalue weighted by Crippen LogP contribution is 2.51. The first-order valence-corrected chi connectivity index (χ1v) is 15.4. The van der Waals surface area contributed by atoms with Crippen molar-refractivity contribution in [2.75, 3.05) is 6.54 Å². The second kappa shape index (κ2) is 13.1. The Morgan fingerprint density at radius 3 is 2.37 bits per heavy atom. The third-order valence-electron chi connectivity index (χ3n) is 9.20. The van der Waals surface area contributed by atoms with E-state index in [9.17, 15) is 23.2 Å². The van der Waals surface area contributed by atoms with E-state index in [1.807, 2.05) is 17.9 Å². The summed E-state index contributed by atoms with van der Waals surface area (Å²) in [7, 11) is 0. The van der Waals surface area contributed by atoms with Crippen LogP contribution in [0.25, 0.3) is 0 Å². The molecule has 1 aromatic carbocycles. The molecule has 43 heavy (non-hydrogen) atoms. The van der Waals surface area contributed by atoms with Crippen molar-refractivity contribution in [3.8, 4) is 0 Å². The molecule has 1 atom stereocenters. The molecule has 4 rings (SSSR count). The highest BCUT2D eigenvalue weighted by molar-refractivity contribution is 6.47. The molecule has 1 unspecified atom stereocenters. The van der Waals surface area contributed by atoms with Crippen LogP contribution in [0.5, 0.6) is 0 Å². The summed E-state index contributed by atoms with van der Waals surface area (Å²) in [5.41, 5.74) is 1.24. The van der Waals surface area contributed by atoms with E-state index in [0.29, 0.717) is 29.9 Å². The van der Waals surface area contributed by atoms with Gasteiger partial charge in [0.15, 0.2) is 0 Å². The van der Waals surface area contributed by atoms with E-state index < -0.39 is 12.1 Å². The number of halogens is 2. The standard InChI is InChI=1S/C35H45F2N3O3/c1-7-24(32(42)38-20-17-23(3)41)12-11-22(2)30(25-13-14-25)40-33(43)29(26-9-8-10-27(21-26)31(36)37)39-35(40)18-15-28(16-19-35)34(4,5)6/h7-12,21,25,28,30-31H,1,13-20H2,2-6H3,(H,38,42)/b22-11+,24-12+. The summed E-state index contributed by atoms with van der Waals surface area (Å²) in [5.74, 6) is 0.203. The Morgan fingerprint density at radius 1 is 1.14 bits per heavy atom. The van der Waals surface area contributed by atoms with E-state index in [4.69, 9.17) is 4.99 Å². The summed E-state index contributed by atoms with van der Waals surface area (Å²) in [5, 5.41) is 2.75. The number of hydrogen-bond donors (Lipinski definition) is 1. The summed E-state index contributed by atoms with van der Waals surface area (Å²) < 4.78 is 27.2. The Hall–Kier alpha value is -3.42. The molecule has 2 saturated carbocycles. The Morgan fingerprint density at radius 2 is 1.81 bits per heavy atom. The first kappa shape index (κ1) is 32.5. The lowest BCUT2D eigenvalue weighted by Crippen LogP contribution is -2.55. The van der Waals surface area contributed by atoms with Crippen LogP contribution in [0, 0.1) is 17.3 Å². The fraction of sp³-hybridized carbons (Fsp3) is 0.543. The van der Waals surface area contributed by atoms with Crippen LogP contribution in [0.15, 0.2) is 65.2 Å². The third kappa shape index (κ3) is 7.39. The van der Waals surface area contributed by atoms with Gasteiger partial charge in [0.1, 0.15) is 17.2 Å². The fourth-order valence-corrected chi connectivity index (χ4v) is 6.52. The third-order valence-corrected chi connectivity index (χ3v) is 9.20. The molecule has 2 amide bonds. The predicted octanol–water partition coefficient (Wildman–Crippen LogP) is 7.12. The van der Waals surface area contributed by atoms with Crippen LogP contribution in [0.1, 0.15) is 97.1 Å². The number of ketones is 1. The highest BCUT2D eigenvalue weighted by Gasteiger charge is 2.55. The molecule has 1 N–H and O–H groups in total. The number of amides is 2. The summed E-state index contributed by atoms with van der Waals surface area (Å²) in [6, 6.07) is 5.78. The molecule has 1 spiro atoms. The zero-order valence-corrected chi connectivity index (χ0v) is 26.1. The van der Waals surface area contributed by atoms with Crippen molar-refractivity contribution >= 4 is 23.3 Å². The molecule has 8 heteroatoms. The number of alkyl halides is 2. The lowest BCUT2D eigenvalue weighted by Gasteiger charge is -2.47. The molecule has 2 aliphatic carbocycles. The Kier molecular flexibility index (Phi) is 9.87. The minimum Gasteiger partial charge on any atom is -0.352 e. The number of hydrogen-bond acceptors (Lipinski definition) is 4. The summed E-state index contributed by atoms with van der Waals surface area (Å²) >= 11 is 0. The SMILES string of the molecule is C=C/C(=C\C=C(/C)C(C1CC1)N1C(=O)C(c2cccc(C(F)F)c2)=NC12CCC(C(C)(C)C)CC2)C(=O)NCCC(C)=O. The van der Waals surface area contributed by atoms with Gasteiger partial charge < -0.3 is 10.2 Å². The van der Waals surface area contributed by atoms with Gasteiger partial charge in [-0.15, -0.1) is 0 Å². The normalized spacial score (nSPS) is 23.9. The predicted molar refractivity (Wildman–Crippen MR) is 166 cm³/mol. The lowest BCUT2D eigenvalue weighted by molar-refractivity contribution is -0.132. The molecule has 1 aromatic rings. The minimum atomic E-state index is -2.64. The summed E-state index contributed by atoms with van der Waals surface area (Å²) in [4.78, 5) is 45.4. The lowest BCUT2D eigenvalue weighted by atomic mass is 9.69. The quantitative estimate of drug-likeness (QED) is 0.219. The molecule has 0 saturated heterocycles. The van der Waals surface area contributed by atoms with E-state index in [1.54, 1.807) is 18.2 Å². The number of Topliss-reactive ketones (excluding diaryl/α,β-unsaturated/α-hetero) is 1. The van der Waals surface area contributed by atoms with Crippen LogP contribution in [-0.2, 0) is 14.4 Å². The van der Waals surface area contributed by atoms with Gasteiger partial charge in [-0.25, -0.2) is 8.78 Å². The molecule has 0 radical (unpaired) electrons. The summed E-state index contributed by atoms with van der Waals surface area (Å²) in [6.45, 7) is 14.2. The van der Waals surface area contributed by atoms with E-state index >= 15 is 0 Å². The van der Waals surface area contributed by atoms with Crippen molar-refractivity contribution < 1.29 is 23.2 Å². The Balaban J connectivity index is 1.70. The van der Waals surface area contributed by atoms with Crippen LogP contribution >= 0.6 is 0 Å². The van der Waals surface area contributed by atoms with E-state index in [1.165, 1.54) is 25.1 Å². The minimum absolute atomic E-state index is 0.00397. The molecule has 1 aliphatic heterocycles. The highest BCUT2D eigenvalue weighted by atomic mass is 19.3.